The van der Waals surface area contributed by atoms with Gasteiger partial charge < -0.3 is 30.2 Å². The van der Waals surface area contributed by atoms with Crippen LogP contribution in [0.1, 0.15) is 102 Å². The van der Waals surface area contributed by atoms with Crippen molar-refractivity contribution in [2.75, 3.05) is 6.61 Å². The van der Waals surface area contributed by atoms with Gasteiger partial charge in [-0.3, -0.25) is 9.78 Å². The number of ether oxygens (including phenoxy) is 1. The number of carbonyl (C=O) groups is 1. The smallest absolute Gasteiger partial charge is 0.220 e. The van der Waals surface area contributed by atoms with Crippen LogP contribution in [-0.4, -0.2) is 61.1 Å². The van der Waals surface area contributed by atoms with Crippen LogP contribution in [0.15, 0.2) is 24.8 Å². The van der Waals surface area contributed by atoms with E-state index < -0.39 is 18.4 Å². The highest BCUT2D eigenvalue weighted by Gasteiger charge is 2.33. The molecule has 8 bridgehead atoms. The van der Waals surface area contributed by atoms with E-state index in [1.54, 1.807) is 0 Å². The summed E-state index contributed by atoms with van der Waals surface area (Å²) in [6.07, 6.45) is 4.14. The second kappa shape index (κ2) is 12.6. The molecule has 242 valence electrons. The molecule has 6 rings (SSSR count). The lowest BCUT2D eigenvalue weighted by Crippen LogP contribution is -2.51. The van der Waals surface area contributed by atoms with Crippen molar-refractivity contribution in [3.8, 4) is 0 Å². The van der Waals surface area contributed by atoms with Crippen molar-refractivity contribution in [1.29, 1.82) is 0 Å². The summed E-state index contributed by atoms with van der Waals surface area (Å²) < 4.78 is 5.20. The maximum absolute atomic E-state index is 13.1. The van der Waals surface area contributed by atoms with Crippen LogP contribution in [0.25, 0.3) is 39.8 Å². The number of rotatable bonds is 6. The van der Waals surface area contributed by atoms with E-state index in [1.165, 1.54) is 11.1 Å². The molecule has 0 aliphatic carbocycles. The molecule has 9 heteroatoms. The number of H-pyrrole nitrogens is 2. The van der Waals surface area contributed by atoms with E-state index in [4.69, 9.17) is 14.7 Å². The van der Waals surface area contributed by atoms with Crippen LogP contribution in [0.2, 0.25) is 0 Å². The number of allylic oxidation sites excluding steroid dienone is 1. The highest BCUT2D eigenvalue weighted by molar-refractivity contribution is 5.86. The largest absolute Gasteiger partial charge is 0.391 e. The number of hydrogen-bond donors (Lipinski definition) is 5. The Hall–Kier alpha value is -4.05. The fourth-order valence-electron chi connectivity index (χ4n) is 7.18. The third-order valence-corrected chi connectivity index (χ3v) is 10.0. The summed E-state index contributed by atoms with van der Waals surface area (Å²) in [6.45, 7) is 17.0. The number of aryl methyl sites for hydroxylation is 3. The number of fused-ring (bicyclic) bond motifs is 8. The molecule has 5 N–H and O–H groups in total. The summed E-state index contributed by atoms with van der Waals surface area (Å²) in [7, 11) is 0. The zero-order chi connectivity index (χ0) is 32.9. The Morgan fingerprint density at radius 1 is 1.04 bits per heavy atom. The SMILES string of the molecule is C=Cc1c(C)c2cc3nc(c(C)c4nc(cc5[nH]c(cc1[nH]2)c(C)c5CC)C(C)=C4)[C@@H](CCC(=O)NC1CC(O)COC1O)C3C. The topological polar surface area (TPSA) is 136 Å². The van der Waals surface area contributed by atoms with E-state index in [0.717, 1.165) is 73.5 Å². The first-order valence-electron chi connectivity index (χ1n) is 16.3. The second-order valence-electron chi connectivity index (χ2n) is 13.0. The van der Waals surface area contributed by atoms with Crippen molar-refractivity contribution in [3.05, 3.63) is 75.4 Å². The molecule has 46 heavy (non-hydrogen) atoms. The lowest BCUT2D eigenvalue weighted by atomic mass is 9.85. The van der Waals surface area contributed by atoms with E-state index >= 15 is 0 Å². The molecule has 5 atom stereocenters. The van der Waals surface area contributed by atoms with Gasteiger partial charge in [-0.2, -0.15) is 0 Å². The Labute approximate surface area is 269 Å². The van der Waals surface area contributed by atoms with Crippen LogP contribution in [0.4, 0.5) is 0 Å². The van der Waals surface area contributed by atoms with Gasteiger partial charge in [0.05, 0.1) is 30.1 Å². The fraction of sp³-hybridized carbons (Fsp3) is 0.432. The second-order valence-corrected chi connectivity index (χ2v) is 13.0. The molecule has 4 unspecified atom stereocenters. The number of nitrogens with zero attached hydrogens (tertiary/aromatic N) is 2. The van der Waals surface area contributed by atoms with Crippen LogP contribution in [0.3, 0.4) is 0 Å². The number of hydrogen-bond acceptors (Lipinski definition) is 6. The molecule has 0 saturated carbocycles. The summed E-state index contributed by atoms with van der Waals surface area (Å²) in [5.74, 6) is -0.164. The molecular formula is C37H45N5O4. The number of aromatic amines is 2. The molecule has 0 aromatic carbocycles. The zero-order valence-corrected chi connectivity index (χ0v) is 27.6. The number of aliphatic hydroxyl groups excluding tert-OH is 2. The van der Waals surface area contributed by atoms with E-state index in [9.17, 15) is 15.0 Å². The lowest BCUT2D eigenvalue weighted by molar-refractivity contribution is -0.175. The van der Waals surface area contributed by atoms with Gasteiger partial charge in [0.15, 0.2) is 6.29 Å². The van der Waals surface area contributed by atoms with Crippen molar-refractivity contribution in [1.82, 2.24) is 25.3 Å². The molecule has 1 fully saturated rings. The quantitative estimate of drug-likeness (QED) is 0.220. The summed E-state index contributed by atoms with van der Waals surface area (Å²) in [6, 6.07) is 5.80. The third-order valence-electron chi connectivity index (χ3n) is 10.0. The lowest BCUT2D eigenvalue weighted by Gasteiger charge is -2.31. The number of carbonyl (C=O) groups excluding carboxylic acids is 1. The van der Waals surface area contributed by atoms with Crippen LogP contribution < -0.4 is 5.32 Å². The minimum Gasteiger partial charge on any atom is -0.391 e. The minimum atomic E-state index is -1.13. The Morgan fingerprint density at radius 3 is 2.52 bits per heavy atom. The van der Waals surface area contributed by atoms with Crippen molar-refractivity contribution in [3.63, 3.8) is 0 Å². The molecule has 3 aliphatic rings. The average molecular weight is 624 g/mol. The third kappa shape index (κ3) is 5.83. The van der Waals surface area contributed by atoms with Gasteiger partial charge in [-0.25, -0.2) is 4.98 Å². The highest BCUT2D eigenvalue weighted by Crippen LogP contribution is 2.42. The van der Waals surface area contributed by atoms with Gasteiger partial charge in [0.25, 0.3) is 0 Å². The van der Waals surface area contributed by atoms with Crippen molar-refractivity contribution >= 4 is 45.7 Å². The summed E-state index contributed by atoms with van der Waals surface area (Å²) in [5, 5.41) is 23.0. The maximum Gasteiger partial charge on any atom is 0.220 e. The summed E-state index contributed by atoms with van der Waals surface area (Å²) in [4.78, 5) is 30.7. The van der Waals surface area contributed by atoms with E-state index in [-0.39, 0.29) is 37.2 Å². The van der Waals surface area contributed by atoms with Crippen LogP contribution in [0, 0.1) is 20.8 Å². The van der Waals surface area contributed by atoms with E-state index in [1.807, 2.05) is 6.08 Å². The van der Waals surface area contributed by atoms with Gasteiger partial charge in [0, 0.05) is 63.7 Å². The predicted octanol–water partition coefficient (Wildman–Crippen LogP) is 6.26. The van der Waals surface area contributed by atoms with E-state index in [2.05, 4.69) is 87.7 Å². The van der Waals surface area contributed by atoms with Gasteiger partial charge in [0.1, 0.15) is 0 Å². The molecule has 3 aromatic rings. The monoisotopic (exact) mass is 623 g/mol. The van der Waals surface area contributed by atoms with Gasteiger partial charge in [-0.1, -0.05) is 26.5 Å². The first kappa shape index (κ1) is 31.9. The van der Waals surface area contributed by atoms with Crippen LogP contribution in [-0.2, 0) is 16.0 Å². The number of aromatic nitrogens is 4. The standard InChI is InChI=1S/C37H45N5O4/c1-8-24-20(5)30-16-33-25(9-2)19(4)29(39-33)15-31-21(6)26(10-11-35(44)41-34-13-23(43)17-46-37(34)45)36(42-31)22(7)28-12-18(3)27(38-28)14-32(24)40-30/h9,12,14-16,21,23,26,34,37,39-40,43,45H,2,8,10-11,13,17H2,1,3-7H3,(H,41,44)/t21?,23?,26-,34?,37?/m0/s1. The molecule has 1 saturated heterocycles. The number of nitrogens with one attached hydrogen (secondary N) is 3. The van der Waals surface area contributed by atoms with Crippen molar-refractivity contribution in [2.24, 2.45) is 0 Å². The van der Waals surface area contributed by atoms with Crippen LogP contribution in [0.5, 0.6) is 0 Å². The molecular weight excluding hydrogens is 578 g/mol. The predicted molar refractivity (Wildman–Crippen MR) is 183 cm³/mol. The average Bonchev–Trinajstić information content (AvgIpc) is 3.72. The maximum atomic E-state index is 13.1. The molecule has 6 heterocycles. The van der Waals surface area contributed by atoms with Gasteiger partial charge >= 0.3 is 0 Å². The first-order chi connectivity index (χ1) is 22.0. The molecule has 9 nitrogen and oxygen atoms in total. The molecule has 0 radical (unpaired) electrons. The van der Waals surface area contributed by atoms with Gasteiger partial charge in [-0.15, -0.1) is 0 Å². The Balaban J connectivity index is 1.49. The van der Waals surface area contributed by atoms with Crippen molar-refractivity contribution < 1.29 is 19.7 Å². The van der Waals surface area contributed by atoms with Crippen LogP contribution >= 0.6 is 0 Å². The highest BCUT2D eigenvalue weighted by atomic mass is 16.6. The van der Waals surface area contributed by atoms with Gasteiger partial charge in [0.2, 0.25) is 5.91 Å². The fourth-order valence-corrected chi connectivity index (χ4v) is 7.18. The number of aliphatic hydroxyl groups is 2. The summed E-state index contributed by atoms with van der Waals surface area (Å²) >= 11 is 0. The molecule has 3 aliphatic heterocycles. The Bertz CT molecular complexity index is 1900. The van der Waals surface area contributed by atoms with Gasteiger partial charge in [-0.05, 0) is 92.6 Å². The molecule has 0 spiro atoms. The molecule has 1 amide bonds. The normalized spacial score (nSPS) is 22.9. The minimum absolute atomic E-state index is 0.0182. The summed E-state index contributed by atoms with van der Waals surface area (Å²) in [5.41, 5.74) is 14.5. The molecule has 3 aromatic heterocycles. The Kier molecular flexibility index (Phi) is 8.76. The number of amides is 1. The zero-order valence-electron chi connectivity index (χ0n) is 27.6. The Morgan fingerprint density at radius 2 is 1.78 bits per heavy atom. The van der Waals surface area contributed by atoms with Crippen molar-refractivity contribution in [2.45, 2.75) is 97.5 Å². The van der Waals surface area contributed by atoms with E-state index in [0.29, 0.717) is 6.42 Å². The first-order valence-corrected chi connectivity index (χ1v) is 16.3.